The molecule has 0 aliphatic carbocycles. The highest BCUT2D eigenvalue weighted by atomic mass is 32.2. The second kappa shape index (κ2) is 12.0. The monoisotopic (exact) mass is 547 g/mol. The number of ether oxygens (including phenoxy) is 2. The van der Waals surface area contributed by atoms with Crippen LogP contribution in [0.3, 0.4) is 0 Å². The first-order chi connectivity index (χ1) is 17.8. The van der Waals surface area contributed by atoms with Gasteiger partial charge in [-0.15, -0.1) is 11.3 Å². The fraction of sp³-hybridized carbons (Fsp3) is 0.385. The Labute approximate surface area is 220 Å². The number of benzene rings is 2. The molecule has 0 bridgehead atoms. The number of rotatable bonds is 10. The number of sulfonamides is 1. The highest BCUT2D eigenvalue weighted by Gasteiger charge is 2.36. The SMILES string of the molecule is COc1cc(CN([C@H]2CCCCNC2=O)S(=O)(=O)c2ccc(F)cc2)ccc1OCCc1scnc1C. The number of aryl methyl sites for hydroxylation is 1. The maximum absolute atomic E-state index is 13.7. The van der Waals surface area contributed by atoms with E-state index in [0.29, 0.717) is 49.5 Å². The van der Waals surface area contributed by atoms with Gasteiger partial charge in [-0.25, -0.2) is 17.8 Å². The number of halogens is 1. The molecule has 2 heterocycles. The first-order valence-corrected chi connectivity index (χ1v) is 14.4. The summed E-state index contributed by atoms with van der Waals surface area (Å²) < 4.78 is 53.5. The van der Waals surface area contributed by atoms with Gasteiger partial charge in [-0.2, -0.15) is 4.31 Å². The molecule has 3 aromatic rings. The number of amides is 1. The standard InChI is InChI=1S/C26H30FN3O5S2/c1-18-25(36-17-29-18)12-14-35-23-11-6-19(15-24(23)34-2)16-30(22-5-3-4-13-28-26(22)31)37(32,33)21-9-7-20(27)8-10-21/h6-11,15,17,22H,3-5,12-14,16H2,1-2H3,(H,28,31)/t22-/m0/s1. The first-order valence-electron chi connectivity index (χ1n) is 12.0. The van der Waals surface area contributed by atoms with E-state index in [2.05, 4.69) is 10.3 Å². The number of hydrogen-bond acceptors (Lipinski definition) is 7. The van der Waals surface area contributed by atoms with Crippen molar-refractivity contribution in [1.82, 2.24) is 14.6 Å². The Morgan fingerprint density at radius 2 is 1.95 bits per heavy atom. The Kier molecular flexibility index (Phi) is 8.78. The average Bonchev–Trinajstić information content (AvgIpc) is 3.17. The summed E-state index contributed by atoms with van der Waals surface area (Å²) in [7, 11) is -2.59. The normalized spacial score (nSPS) is 16.3. The predicted octanol–water partition coefficient (Wildman–Crippen LogP) is 4.08. The molecule has 1 N–H and O–H groups in total. The lowest BCUT2D eigenvalue weighted by Crippen LogP contribution is -2.48. The third-order valence-corrected chi connectivity index (χ3v) is 9.14. The molecule has 0 saturated carbocycles. The Hall–Kier alpha value is -3.02. The van der Waals surface area contributed by atoms with Gasteiger partial charge in [0, 0.05) is 24.4 Å². The van der Waals surface area contributed by atoms with E-state index in [4.69, 9.17) is 9.47 Å². The van der Waals surface area contributed by atoms with Crippen molar-refractivity contribution in [3.63, 3.8) is 0 Å². The molecular formula is C26H30FN3O5S2. The second-order valence-electron chi connectivity index (χ2n) is 8.75. The summed E-state index contributed by atoms with van der Waals surface area (Å²) in [5.41, 5.74) is 3.42. The zero-order valence-electron chi connectivity index (χ0n) is 20.8. The van der Waals surface area contributed by atoms with Crippen LogP contribution in [0.25, 0.3) is 0 Å². The van der Waals surface area contributed by atoms with E-state index in [9.17, 15) is 17.6 Å². The van der Waals surface area contributed by atoms with Crippen molar-refractivity contribution in [1.29, 1.82) is 0 Å². The zero-order chi connectivity index (χ0) is 26.4. The molecule has 0 radical (unpaired) electrons. The van der Waals surface area contributed by atoms with Gasteiger partial charge in [-0.1, -0.05) is 6.07 Å². The molecule has 37 heavy (non-hydrogen) atoms. The van der Waals surface area contributed by atoms with Crippen molar-refractivity contribution >= 4 is 27.3 Å². The number of thiazole rings is 1. The fourth-order valence-electron chi connectivity index (χ4n) is 4.23. The molecule has 1 atom stereocenters. The van der Waals surface area contributed by atoms with Crippen LogP contribution < -0.4 is 14.8 Å². The van der Waals surface area contributed by atoms with E-state index in [0.717, 1.165) is 29.1 Å². The minimum Gasteiger partial charge on any atom is -0.493 e. The van der Waals surface area contributed by atoms with Gasteiger partial charge in [0.05, 0.1) is 29.8 Å². The van der Waals surface area contributed by atoms with Crippen LogP contribution in [-0.4, -0.2) is 49.9 Å². The molecule has 2 aromatic carbocycles. The van der Waals surface area contributed by atoms with Crippen LogP contribution in [0.4, 0.5) is 4.39 Å². The van der Waals surface area contributed by atoms with Crippen LogP contribution >= 0.6 is 11.3 Å². The predicted molar refractivity (Wildman–Crippen MR) is 139 cm³/mol. The Bertz CT molecular complexity index is 1330. The van der Waals surface area contributed by atoms with Gasteiger partial charge in [0.25, 0.3) is 0 Å². The summed E-state index contributed by atoms with van der Waals surface area (Å²) in [6.45, 7) is 2.84. The smallest absolute Gasteiger partial charge is 0.244 e. The summed E-state index contributed by atoms with van der Waals surface area (Å²) >= 11 is 1.58. The molecule has 1 saturated heterocycles. The van der Waals surface area contributed by atoms with Gasteiger partial charge in [-0.05, 0) is 68.1 Å². The number of carbonyl (C=O) groups is 1. The van der Waals surface area contributed by atoms with E-state index in [1.807, 2.05) is 6.92 Å². The van der Waals surface area contributed by atoms with Crippen molar-refractivity contribution in [2.24, 2.45) is 0 Å². The van der Waals surface area contributed by atoms with Crippen molar-refractivity contribution in [2.75, 3.05) is 20.3 Å². The third kappa shape index (κ3) is 6.46. The zero-order valence-corrected chi connectivity index (χ0v) is 22.4. The number of carbonyl (C=O) groups excluding carboxylic acids is 1. The molecule has 1 aliphatic rings. The molecular weight excluding hydrogens is 517 g/mol. The summed E-state index contributed by atoms with van der Waals surface area (Å²) in [4.78, 5) is 18.2. The van der Waals surface area contributed by atoms with Gasteiger partial charge >= 0.3 is 0 Å². The molecule has 198 valence electrons. The average molecular weight is 548 g/mol. The molecule has 1 aliphatic heterocycles. The van der Waals surface area contributed by atoms with Gasteiger partial charge in [0.1, 0.15) is 11.9 Å². The van der Waals surface area contributed by atoms with Gasteiger partial charge < -0.3 is 14.8 Å². The first kappa shape index (κ1) is 27.0. The lowest BCUT2D eigenvalue weighted by Gasteiger charge is -2.29. The van der Waals surface area contributed by atoms with E-state index in [-0.39, 0.29) is 17.3 Å². The van der Waals surface area contributed by atoms with E-state index < -0.39 is 21.9 Å². The van der Waals surface area contributed by atoms with Crippen LogP contribution in [0.1, 0.15) is 35.4 Å². The van der Waals surface area contributed by atoms with Crippen LogP contribution in [0, 0.1) is 12.7 Å². The molecule has 0 unspecified atom stereocenters. The molecule has 11 heteroatoms. The largest absolute Gasteiger partial charge is 0.493 e. The number of methoxy groups -OCH3 is 1. The third-order valence-electron chi connectivity index (χ3n) is 6.27. The van der Waals surface area contributed by atoms with Crippen molar-refractivity contribution in [3.05, 3.63) is 69.9 Å². The Morgan fingerprint density at radius 1 is 1.16 bits per heavy atom. The van der Waals surface area contributed by atoms with Gasteiger partial charge in [-0.3, -0.25) is 4.79 Å². The molecule has 0 spiro atoms. The Morgan fingerprint density at radius 3 is 2.65 bits per heavy atom. The lowest BCUT2D eigenvalue weighted by molar-refractivity contribution is -0.124. The molecule has 1 amide bonds. The molecule has 1 fully saturated rings. The van der Waals surface area contributed by atoms with Crippen molar-refractivity contribution in [2.45, 2.75) is 50.1 Å². The summed E-state index contributed by atoms with van der Waals surface area (Å²) in [6.07, 6.45) is 2.57. The quantitative estimate of drug-likeness (QED) is 0.411. The maximum atomic E-state index is 13.7. The summed E-state index contributed by atoms with van der Waals surface area (Å²) in [5.74, 6) is 0.119. The Balaban J connectivity index is 1.59. The highest BCUT2D eigenvalue weighted by Crippen LogP contribution is 2.31. The fourth-order valence-corrected chi connectivity index (χ4v) is 6.60. The number of nitrogens with zero attached hydrogens (tertiary/aromatic N) is 2. The van der Waals surface area contributed by atoms with Gasteiger partial charge in [0.2, 0.25) is 15.9 Å². The van der Waals surface area contributed by atoms with Crippen LogP contribution in [0.2, 0.25) is 0 Å². The second-order valence-corrected chi connectivity index (χ2v) is 11.6. The minimum atomic E-state index is -4.11. The summed E-state index contributed by atoms with van der Waals surface area (Å²) in [6, 6.07) is 8.96. The highest BCUT2D eigenvalue weighted by molar-refractivity contribution is 7.89. The van der Waals surface area contributed by atoms with Crippen LogP contribution in [0.15, 0.2) is 52.9 Å². The van der Waals surface area contributed by atoms with E-state index >= 15 is 0 Å². The van der Waals surface area contributed by atoms with Crippen LogP contribution in [-0.2, 0) is 27.8 Å². The van der Waals surface area contributed by atoms with E-state index in [1.165, 1.54) is 23.5 Å². The molecule has 8 nitrogen and oxygen atoms in total. The van der Waals surface area contributed by atoms with Crippen molar-refractivity contribution in [3.8, 4) is 11.5 Å². The molecule has 4 rings (SSSR count). The van der Waals surface area contributed by atoms with Crippen molar-refractivity contribution < 1.29 is 27.1 Å². The van der Waals surface area contributed by atoms with Crippen LogP contribution in [0.5, 0.6) is 11.5 Å². The maximum Gasteiger partial charge on any atom is 0.244 e. The molecule has 1 aromatic heterocycles. The van der Waals surface area contributed by atoms with Gasteiger partial charge in [0.15, 0.2) is 11.5 Å². The van der Waals surface area contributed by atoms with E-state index in [1.54, 1.807) is 35.0 Å². The number of hydrogen-bond donors (Lipinski definition) is 1. The number of nitrogens with one attached hydrogen (secondary N) is 1. The lowest BCUT2D eigenvalue weighted by atomic mass is 10.1. The minimum absolute atomic E-state index is 0.0610. The number of aromatic nitrogens is 1. The topological polar surface area (TPSA) is 97.8 Å². The summed E-state index contributed by atoms with van der Waals surface area (Å²) in [5, 5.41) is 2.81.